The van der Waals surface area contributed by atoms with Gasteiger partial charge < -0.3 is 4.74 Å². The number of ketones is 1. The Morgan fingerprint density at radius 2 is 2.06 bits per heavy atom. The maximum atomic E-state index is 12.4. The maximum Gasteiger partial charge on any atom is 0.411 e. The van der Waals surface area contributed by atoms with E-state index < -0.39 is 6.09 Å². The molecule has 0 aromatic heterocycles. The van der Waals surface area contributed by atoms with Crippen molar-refractivity contribution in [2.75, 3.05) is 12.0 Å². The van der Waals surface area contributed by atoms with Crippen molar-refractivity contribution in [2.24, 2.45) is 21.9 Å². The van der Waals surface area contributed by atoms with Gasteiger partial charge in [-0.3, -0.25) is 20.5 Å². The third kappa shape index (κ3) is 7.69. The van der Waals surface area contributed by atoms with E-state index in [1.807, 2.05) is 68.8 Å². The number of hydrogen-bond acceptors (Lipinski definition) is 6. The Morgan fingerprint density at radius 1 is 1.26 bits per heavy atom. The maximum absolute atomic E-state index is 12.4. The summed E-state index contributed by atoms with van der Waals surface area (Å²) in [5.74, 6) is 0.367. The van der Waals surface area contributed by atoms with E-state index in [-0.39, 0.29) is 17.6 Å². The lowest BCUT2D eigenvalue weighted by Crippen LogP contribution is -2.26. The number of alkyl carbamates (subject to hydrolysis) is 1. The van der Waals surface area contributed by atoms with Crippen LogP contribution in [0.2, 0.25) is 0 Å². The number of carbonyl (C=O) groups excluding carboxylic acids is 2. The zero-order valence-corrected chi connectivity index (χ0v) is 19.7. The molecule has 178 valence electrons. The number of carbonyl (C=O) groups is 2. The van der Waals surface area contributed by atoms with Crippen molar-refractivity contribution < 1.29 is 14.3 Å². The average Bonchev–Trinajstić information content (AvgIpc) is 2.86. The van der Waals surface area contributed by atoms with E-state index in [1.165, 1.54) is 11.6 Å². The number of allylic oxidation sites excluding steroid dienone is 5. The summed E-state index contributed by atoms with van der Waals surface area (Å²) in [6.07, 6.45) is 14.4. The van der Waals surface area contributed by atoms with Crippen LogP contribution in [0.4, 0.5) is 10.5 Å². The molecule has 1 heterocycles. The van der Waals surface area contributed by atoms with Crippen LogP contribution in [0.3, 0.4) is 0 Å². The molecule has 0 spiro atoms. The molecular formula is C27H32N4O3. The third-order valence-corrected chi connectivity index (χ3v) is 5.40. The standard InChI is InChI=1S/C27H32N4O3/c1-4-26(32)25(17-20-6-5-7-24(16-20)29-27(33)34-18-19(2)3)31-30-23-10-8-21(9-11-23)22-12-14-28-15-13-22/h4-5,7-12,14-16,19-20,22,30H,1,6,13,17-18H2,2-3H3,(H,29,33)/b31-25-. The number of ether oxygens (including phenoxy) is 1. The topological polar surface area (TPSA) is 92.2 Å². The fourth-order valence-electron chi connectivity index (χ4n) is 3.59. The summed E-state index contributed by atoms with van der Waals surface area (Å²) in [7, 11) is 0. The number of hydrogen-bond donors (Lipinski definition) is 2. The molecule has 1 aromatic rings. The molecule has 34 heavy (non-hydrogen) atoms. The number of nitrogens with zero attached hydrogens (tertiary/aromatic N) is 2. The van der Waals surface area contributed by atoms with Gasteiger partial charge in [0.2, 0.25) is 5.78 Å². The monoisotopic (exact) mass is 460 g/mol. The zero-order valence-electron chi connectivity index (χ0n) is 19.7. The molecule has 0 radical (unpaired) electrons. The molecule has 2 unspecified atom stereocenters. The average molecular weight is 461 g/mol. The first-order valence-corrected chi connectivity index (χ1v) is 11.5. The molecule has 2 atom stereocenters. The summed E-state index contributed by atoms with van der Waals surface area (Å²) in [6, 6.07) is 7.99. The number of amides is 1. The van der Waals surface area contributed by atoms with Gasteiger partial charge in [0.25, 0.3) is 0 Å². The van der Waals surface area contributed by atoms with Crippen molar-refractivity contribution in [1.82, 2.24) is 5.32 Å². The van der Waals surface area contributed by atoms with E-state index in [0.29, 0.717) is 30.4 Å². The molecule has 2 N–H and O–H groups in total. The molecule has 3 rings (SSSR count). The quantitative estimate of drug-likeness (QED) is 0.273. The molecule has 1 aliphatic heterocycles. The van der Waals surface area contributed by atoms with Crippen molar-refractivity contribution in [2.45, 2.75) is 39.0 Å². The first kappa shape index (κ1) is 24.9. The van der Waals surface area contributed by atoms with Crippen LogP contribution in [0.25, 0.3) is 0 Å². The number of hydrazone groups is 1. The first-order chi connectivity index (χ1) is 16.4. The normalized spacial score (nSPS) is 19.5. The predicted octanol–water partition coefficient (Wildman–Crippen LogP) is 5.51. The van der Waals surface area contributed by atoms with Crippen molar-refractivity contribution in [3.63, 3.8) is 0 Å². The van der Waals surface area contributed by atoms with Gasteiger partial charge in [-0.05, 0) is 54.5 Å². The zero-order chi connectivity index (χ0) is 24.3. The van der Waals surface area contributed by atoms with Gasteiger partial charge in [0.1, 0.15) is 5.71 Å². The van der Waals surface area contributed by atoms with Gasteiger partial charge in [0.05, 0.1) is 12.3 Å². The Hall–Kier alpha value is -3.74. The molecule has 0 saturated heterocycles. The minimum Gasteiger partial charge on any atom is -0.449 e. The smallest absolute Gasteiger partial charge is 0.411 e. The van der Waals surface area contributed by atoms with E-state index in [0.717, 1.165) is 18.5 Å². The van der Waals surface area contributed by atoms with Gasteiger partial charge in [-0.25, -0.2) is 4.79 Å². The van der Waals surface area contributed by atoms with Gasteiger partial charge in [-0.1, -0.05) is 50.8 Å². The minimum absolute atomic E-state index is 0.0111. The summed E-state index contributed by atoms with van der Waals surface area (Å²) in [5, 5.41) is 7.13. The van der Waals surface area contributed by atoms with Crippen molar-refractivity contribution >= 4 is 29.5 Å². The lowest BCUT2D eigenvalue weighted by atomic mass is 9.92. The Morgan fingerprint density at radius 3 is 2.74 bits per heavy atom. The summed E-state index contributed by atoms with van der Waals surface area (Å²) in [6.45, 7) is 7.92. The van der Waals surface area contributed by atoms with Crippen LogP contribution in [0, 0.1) is 11.8 Å². The van der Waals surface area contributed by atoms with Crippen molar-refractivity contribution in [1.29, 1.82) is 0 Å². The van der Waals surface area contributed by atoms with Crippen LogP contribution >= 0.6 is 0 Å². The van der Waals surface area contributed by atoms with Crippen LogP contribution in [0.1, 0.15) is 44.6 Å². The van der Waals surface area contributed by atoms with Crippen LogP contribution < -0.4 is 10.7 Å². The second kappa shape index (κ2) is 12.5. The van der Waals surface area contributed by atoms with E-state index in [2.05, 4.69) is 33.5 Å². The molecule has 7 heteroatoms. The van der Waals surface area contributed by atoms with Gasteiger partial charge in [-0.15, -0.1) is 0 Å². The van der Waals surface area contributed by atoms with Crippen LogP contribution in [0.5, 0.6) is 0 Å². The van der Waals surface area contributed by atoms with Gasteiger partial charge in [0, 0.05) is 30.5 Å². The highest BCUT2D eigenvalue weighted by atomic mass is 16.5. The molecular weight excluding hydrogens is 428 g/mol. The first-order valence-electron chi connectivity index (χ1n) is 11.5. The molecule has 0 fully saturated rings. The molecule has 2 aliphatic rings. The Kier molecular flexibility index (Phi) is 9.14. The fraction of sp³-hybridized carbons (Fsp3) is 0.333. The molecule has 1 aromatic carbocycles. The van der Waals surface area contributed by atoms with E-state index in [4.69, 9.17) is 4.74 Å². The molecule has 0 bridgehead atoms. The number of benzene rings is 1. The van der Waals surface area contributed by atoms with Gasteiger partial charge in [0.15, 0.2) is 0 Å². The lowest BCUT2D eigenvalue weighted by molar-refractivity contribution is -0.109. The largest absolute Gasteiger partial charge is 0.449 e. The van der Waals surface area contributed by atoms with Gasteiger partial charge >= 0.3 is 6.09 Å². The molecule has 1 amide bonds. The highest BCUT2D eigenvalue weighted by Crippen LogP contribution is 2.24. The SMILES string of the molecule is C=CC(=O)/C(CC1C=C(NC(=O)OCC(C)C)C=CC1)=N\Nc1ccc(C2C=CN=CC2)cc1. The number of anilines is 1. The van der Waals surface area contributed by atoms with Crippen molar-refractivity contribution in [3.8, 4) is 0 Å². The Balaban J connectivity index is 1.62. The number of rotatable bonds is 10. The van der Waals surface area contributed by atoms with Crippen LogP contribution in [-0.4, -0.2) is 30.4 Å². The van der Waals surface area contributed by atoms with Crippen LogP contribution in [0.15, 0.2) is 83.2 Å². The fourth-order valence-corrected chi connectivity index (χ4v) is 3.59. The Bertz CT molecular complexity index is 1030. The summed E-state index contributed by atoms with van der Waals surface area (Å²) in [5.41, 5.74) is 6.02. The molecule has 1 aliphatic carbocycles. The second-order valence-electron chi connectivity index (χ2n) is 8.72. The van der Waals surface area contributed by atoms with E-state index >= 15 is 0 Å². The van der Waals surface area contributed by atoms with Crippen LogP contribution in [-0.2, 0) is 9.53 Å². The minimum atomic E-state index is -0.484. The molecule has 7 nitrogen and oxygen atoms in total. The Labute approximate surface area is 201 Å². The second-order valence-corrected chi connectivity index (χ2v) is 8.72. The van der Waals surface area contributed by atoms with Gasteiger partial charge in [-0.2, -0.15) is 5.10 Å². The summed E-state index contributed by atoms with van der Waals surface area (Å²) >= 11 is 0. The summed E-state index contributed by atoms with van der Waals surface area (Å²) in [4.78, 5) is 28.5. The van der Waals surface area contributed by atoms with Crippen molar-refractivity contribution in [3.05, 3.63) is 78.7 Å². The highest BCUT2D eigenvalue weighted by Gasteiger charge is 2.18. The summed E-state index contributed by atoms with van der Waals surface area (Å²) < 4.78 is 5.18. The van der Waals surface area contributed by atoms with E-state index in [9.17, 15) is 9.59 Å². The third-order valence-electron chi connectivity index (χ3n) is 5.40. The number of nitrogens with one attached hydrogen (secondary N) is 2. The lowest BCUT2D eigenvalue weighted by Gasteiger charge is -2.18. The predicted molar refractivity (Wildman–Crippen MR) is 137 cm³/mol. The van der Waals surface area contributed by atoms with E-state index in [1.54, 1.807) is 0 Å². The highest BCUT2D eigenvalue weighted by molar-refractivity contribution is 6.44. The molecule has 0 saturated carbocycles. The number of aliphatic imine (C=N–C) groups is 1.